The minimum atomic E-state index is -1.69. The van der Waals surface area contributed by atoms with Gasteiger partial charge in [-0.3, -0.25) is 0 Å². The molecule has 0 saturated heterocycles. The van der Waals surface area contributed by atoms with Crippen LogP contribution in [0.2, 0.25) is 18.6 Å². The Balaban J connectivity index is 1.90. The number of esters is 1. The molecule has 1 aromatic carbocycles. The minimum absolute atomic E-state index is 0.215. The summed E-state index contributed by atoms with van der Waals surface area (Å²) in [6, 6.07) is 10.8. The van der Waals surface area contributed by atoms with E-state index in [4.69, 9.17) is 14.2 Å². The van der Waals surface area contributed by atoms with Gasteiger partial charge in [0.1, 0.15) is 6.79 Å². The van der Waals surface area contributed by atoms with Gasteiger partial charge < -0.3 is 14.2 Å². The average molecular weight is 361 g/mol. The Morgan fingerprint density at radius 2 is 1.92 bits per heavy atom. The first-order valence-corrected chi connectivity index (χ1v) is 12.0. The Hall–Kier alpha value is -1.43. The molecule has 0 spiro atoms. The smallest absolute Gasteiger partial charge is 0.333 e. The molecule has 0 heterocycles. The van der Waals surface area contributed by atoms with Crippen molar-refractivity contribution >= 4 is 19.2 Å². The zero-order valence-corrected chi connectivity index (χ0v) is 16.6. The third kappa shape index (κ3) is 3.45. The molecule has 0 aliphatic heterocycles. The summed E-state index contributed by atoms with van der Waals surface area (Å²) < 4.78 is 16.3. The maximum absolute atomic E-state index is 12.2. The van der Waals surface area contributed by atoms with Crippen LogP contribution in [0.5, 0.6) is 0 Å². The van der Waals surface area contributed by atoms with Gasteiger partial charge in [-0.2, -0.15) is 0 Å². The maximum atomic E-state index is 12.2. The maximum Gasteiger partial charge on any atom is 0.333 e. The number of hydrogen-bond donors (Lipinski definition) is 0. The minimum Gasteiger partial charge on any atom is -0.466 e. The van der Waals surface area contributed by atoms with Crippen molar-refractivity contribution in [2.45, 2.75) is 43.5 Å². The highest BCUT2D eigenvalue weighted by Crippen LogP contribution is 2.53. The summed E-state index contributed by atoms with van der Waals surface area (Å²) >= 11 is 0. The van der Waals surface area contributed by atoms with Crippen molar-refractivity contribution in [1.82, 2.24) is 0 Å². The van der Waals surface area contributed by atoms with Gasteiger partial charge in [0.05, 0.1) is 20.8 Å². The van der Waals surface area contributed by atoms with Crippen LogP contribution in [-0.4, -0.2) is 40.7 Å². The van der Waals surface area contributed by atoms with E-state index < -0.39 is 13.7 Å². The molecule has 2 bridgehead atoms. The van der Waals surface area contributed by atoms with Crippen molar-refractivity contribution in [3.8, 4) is 0 Å². The number of fused-ring (bicyclic) bond motifs is 2. The summed E-state index contributed by atoms with van der Waals surface area (Å²) in [4.78, 5) is 12.2. The first-order chi connectivity index (χ1) is 11.9. The second-order valence-corrected chi connectivity index (χ2v) is 12.7. The Kier molecular flexibility index (Phi) is 5.18. The molecular formula is C20H28O4Si. The molecule has 5 heteroatoms. The topological polar surface area (TPSA) is 44.8 Å². The highest BCUT2D eigenvalue weighted by molar-refractivity contribution is 6.91. The lowest BCUT2D eigenvalue weighted by Gasteiger charge is -2.44. The largest absolute Gasteiger partial charge is 0.466 e. The standard InChI is InChI=1S/C20H28O4Si/c1-22-14-24-20-11-15(18(13-20)19(21)23-2)10-17(12-20)25(3,4)16-8-6-5-7-9-16/h5-9,13,15,17H,10-12,14H2,1-4H3. The van der Waals surface area contributed by atoms with Crippen molar-refractivity contribution in [3.05, 3.63) is 42.0 Å². The number of carbonyl (C=O) groups excluding carboxylic acids is 1. The van der Waals surface area contributed by atoms with E-state index in [0.717, 1.165) is 24.8 Å². The van der Waals surface area contributed by atoms with Crippen LogP contribution in [0.15, 0.2) is 42.0 Å². The van der Waals surface area contributed by atoms with Crippen LogP contribution >= 0.6 is 0 Å². The molecule has 25 heavy (non-hydrogen) atoms. The fourth-order valence-corrected chi connectivity index (χ4v) is 7.77. The van der Waals surface area contributed by atoms with Crippen molar-refractivity contribution < 1.29 is 19.0 Å². The third-order valence-corrected chi connectivity index (χ3v) is 10.3. The monoisotopic (exact) mass is 360 g/mol. The molecule has 3 unspecified atom stereocenters. The number of ether oxygens (including phenoxy) is 3. The second-order valence-electron chi connectivity index (χ2n) is 7.83. The summed E-state index contributed by atoms with van der Waals surface area (Å²) in [5.41, 5.74) is 0.939. The van der Waals surface area contributed by atoms with E-state index in [0.29, 0.717) is 5.54 Å². The van der Waals surface area contributed by atoms with Crippen LogP contribution in [0, 0.1) is 5.92 Å². The summed E-state index contributed by atoms with van der Waals surface area (Å²) in [5.74, 6) is 0.00580. The van der Waals surface area contributed by atoms with Crippen molar-refractivity contribution in [2.75, 3.05) is 21.0 Å². The lowest BCUT2D eigenvalue weighted by Crippen LogP contribution is -2.50. The molecule has 0 amide bonds. The molecule has 1 saturated carbocycles. The number of methoxy groups -OCH3 is 2. The molecule has 2 aliphatic rings. The Labute approximate surface area is 151 Å². The molecule has 0 aromatic heterocycles. The molecule has 136 valence electrons. The molecule has 0 radical (unpaired) electrons. The summed E-state index contributed by atoms with van der Waals surface area (Å²) in [6.45, 7) is 5.11. The summed E-state index contributed by atoms with van der Waals surface area (Å²) in [6.07, 6.45) is 4.86. The van der Waals surface area contributed by atoms with Gasteiger partial charge in [-0.05, 0) is 36.8 Å². The highest BCUT2D eigenvalue weighted by atomic mass is 28.3. The second kappa shape index (κ2) is 7.06. The Morgan fingerprint density at radius 3 is 2.56 bits per heavy atom. The molecule has 1 fully saturated rings. The Morgan fingerprint density at radius 1 is 1.20 bits per heavy atom. The van der Waals surface area contributed by atoms with Crippen LogP contribution in [0.4, 0.5) is 0 Å². The van der Waals surface area contributed by atoms with Gasteiger partial charge in [0.2, 0.25) is 0 Å². The number of rotatable bonds is 6. The van der Waals surface area contributed by atoms with E-state index in [9.17, 15) is 4.79 Å². The van der Waals surface area contributed by atoms with Crippen molar-refractivity contribution in [2.24, 2.45) is 5.92 Å². The van der Waals surface area contributed by atoms with Gasteiger partial charge >= 0.3 is 5.97 Å². The van der Waals surface area contributed by atoms with Crippen LogP contribution in [0.3, 0.4) is 0 Å². The van der Waals surface area contributed by atoms with E-state index in [1.54, 1.807) is 7.11 Å². The molecule has 4 nitrogen and oxygen atoms in total. The van der Waals surface area contributed by atoms with Gasteiger partial charge in [0.25, 0.3) is 0 Å². The van der Waals surface area contributed by atoms with Crippen molar-refractivity contribution in [3.63, 3.8) is 0 Å². The third-order valence-electron chi connectivity index (χ3n) is 6.04. The van der Waals surface area contributed by atoms with Gasteiger partial charge in [0.15, 0.2) is 0 Å². The number of hydrogen-bond acceptors (Lipinski definition) is 4. The van der Waals surface area contributed by atoms with E-state index in [2.05, 4.69) is 43.4 Å². The fourth-order valence-electron chi connectivity index (χ4n) is 4.52. The molecule has 0 N–H and O–H groups in total. The SMILES string of the molecule is COCOC12C=C(C(=O)OC)C(CC([Si](C)(C)c3ccccc3)C1)C2. The predicted octanol–water partition coefficient (Wildman–Crippen LogP) is 3.24. The van der Waals surface area contributed by atoms with E-state index in [1.165, 1.54) is 12.3 Å². The van der Waals surface area contributed by atoms with E-state index >= 15 is 0 Å². The first kappa shape index (κ1) is 18.4. The molecule has 2 aliphatic carbocycles. The Bertz CT molecular complexity index is 655. The van der Waals surface area contributed by atoms with E-state index in [1.807, 2.05) is 6.08 Å². The lowest BCUT2D eigenvalue weighted by atomic mass is 9.82. The zero-order chi connectivity index (χ0) is 18.1. The lowest BCUT2D eigenvalue weighted by molar-refractivity contribution is -0.136. The number of benzene rings is 1. The van der Waals surface area contributed by atoms with E-state index in [-0.39, 0.29) is 18.7 Å². The van der Waals surface area contributed by atoms with Gasteiger partial charge in [-0.15, -0.1) is 0 Å². The number of carbonyl (C=O) groups is 1. The molecule has 1 aromatic rings. The van der Waals surface area contributed by atoms with Crippen LogP contribution in [0.25, 0.3) is 0 Å². The van der Waals surface area contributed by atoms with Crippen molar-refractivity contribution in [1.29, 1.82) is 0 Å². The van der Waals surface area contributed by atoms with Gasteiger partial charge in [-0.25, -0.2) is 4.79 Å². The fraction of sp³-hybridized carbons (Fsp3) is 0.550. The predicted molar refractivity (Wildman–Crippen MR) is 100 cm³/mol. The molecule has 3 atom stereocenters. The molecular weight excluding hydrogens is 332 g/mol. The van der Waals surface area contributed by atoms with Crippen LogP contribution in [-0.2, 0) is 19.0 Å². The molecule has 3 rings (SSSR count). The average Bonchev–Trinajstić information content (AvgIpc) is 2.90. The zero-order valence-electron chi connectivity index (χ0n) is 15.6. The summed E-state index contributed by atoms with van der Waals surface area (Å²) in [7, 11) is 1.40. The van der Waals surface area contributed by atoms with Gasteiger partial charge in [0, 0.05) is 12.7 Å². The normalized spacial score (nSPS) is 28.6. The highest BCUT2D eigenvalue weighted by Gasteiger charge is 2.52. The van der Waals surface area contributed by atoms with Crippen LogP contribution < -0.4 is 5.19 Å². The summed E-state index contributed by atoms with van der Waals surface area (Å²) in [5, 5.41) is 1.46. The van der Waals surface area contributed by atoms with Gasteiger partial charge in [-0.1, -0.05) is 48.6 Å². The van der Waals surface area contributed by atoms with Crippen LogP contribution in [0.1, 0.15) is 19.3 Å². The first-order valence-electron chi connectivity index (χ1n) is 8.91. The quantitative estimate of drug-likeness (QED) is 0.444.